The van der Waals surface area contributed by atoms with E-state index in [-0.39, 0.29) is 27.3 Å². The van der Waals surface area contributed by atoms with E-state index in [1.165, 1.54) is 37.3 Å². The average Bonchev–Trinajstić information content (AvgIpc) is 3.50. The number of nitrogens with zero attached hydrogens (tertiary/aromatic N) is 5. The number of hydrogen-bond acceptors (Lipinski definition) is 10. The van der Waals surface area contributed by atoms with Crippen LogP contribution < -0.4 is 10.1 Å². The fourth-order valence-electron chi connectivity index (χ4n) is 4.29. The number of aliphatic hydroxyl groups is 1. The number of aryl methyl sites for hydroxylation is 1. The first-order valence-corrected chi connectivity index (χ1v) is 13.3. The molecule has 9 nitrogen and oxygen atoms in total. The van der Waals surface area contributed by atoms with Crippen molar-refractivity contribution in [1.82, 2.24) is 20.2 Å². The number of methoxy groups -OCH3 is 1. The van der Waals surface area contributed by atoms with Crippen molar-refractivity contribution in [1.29, 1.82) is 5.26 Å². The van der Waals surface area contributed by atoms with Gasteiger partial charge >= 0.3 is 0 Å². The zero-order chi connectivity index (χ0) is 27.7. The topological polar surface area (TPSA) is 134 Å². The van der Waals surface area contributed by atoms with Crippen LogP contribution in [0.3, 0.4) is 0 Å². The van der Waals surface area contributed by atoms with Crippen molar-refractivity contribution in [3.05, 3.63) is 76.4 Å². The van der Waals surface area contributed by atoms with Crippen molar-refractivity contribution < 1.29 is 23.4 Å². The Kier molecular flexibility index (Phi) is 7.51. The van der Waals surface area contributed by atoms with Gasteiger partial charge in [-0.15, -0.1) is 10.2 Å². The van der Waals surface area contributed by atoms with Gasteiger partial charge in [-0.2, -0.15) is 5.26 Å². The summed E-state index contributed by atoms with van der Waals surface area (Å²) in [4.78, 5) is 21.2. The Bertz CT molecular complexity index is 1610. The molecule has 0 spiro atoms. The van der Waals surface area contributed by atoms with E-state index in [1.54, 1.807) is 31.2 Å². The summed E-state index contributed by atoms with van der Waals surface area (Å²) in [7, 11) is 1.39. The van der Waals surface area contributed by atoms with Gasteiger partial charge in [-0.3, -0.25) is 20.1 Å². The van der Waals surface area contributed by atoms with Gasteiger partial charge in [0.15, 0.2) is 4.34 Å². The fourth-order valence-corrected chi connectivity index (χ4v) is 6.45. The summed E-state index contributed by atoms with van der Waals surface area (Å²) >= 11 is 2.48. The number of fused-ring (bicyclic) bond motifs is 1. The summed E-state index contributed by atoms with van der Waals surface area (Å²) in [5.74, 6) is -0.327. The first kappa shape index (κ1) is 26.6. The molecule has 0 radical (unpaired) electrons. The van der Waals surface area contributed by atoms with E-state index in [2.05, 4.69) is 31.6 Å². The van der Waals surface area contributed by atoms with Gasteiger partial charge in [-0.05, 0) is 48.7 Å². The highest BCUT2D eigenvalue weighted by Gasteiger charge is 2.33. The Morgan fingerprint density at radius 1 is 1.23 bits per heavy atom. The fraction of sp³-hybridized carbons (Fsp3) is 0.231. The van der Waals surface area contributed by atoms with Crippen LogP contribution >= 0.6 is 23.1 Å². The zero-order valence-corrected chi connectivity index (χ0v) is 22.2. The minimum Gasteiger partial charge on any atom is -0.494 e. The molecule has 13 heteroatoms. The molecule has 3 aromatic heterocycles. The van der Waals surface area contributed by atoms with Gasteiger partial charge in [0.2, 0.25) is 5.13 Å². The van der Waals surface area contributed by atoms with Crippen molar-refractivity contribution >= 4 is 34.1 Å². The standard InChI is InChI=1S/C26H20F2N6O3S2/c1-12-5-16(17-8-19(23(27)28)31-11-20(17)37-2)18(10-30-12)24(36)32-25-33-34-26(39-25)38-21-7-14-6-13(9-29)3-4-15(14)22(21)35/h3-6,8,10-11,21-23,35H,7H2,1-2H3,(H,32,33,36)/t21-,22-/m1/s1. The minimum absolute atomic E-state index is 0.129. The number of thioether (sulfide) groups is 1. The van der Waals surface area contributed by atoms with Gasteiger partial charge in [-0.25, -0.2) is 8.78 Å². The number of amides is 1. The summed E-state index contributed by atoms with van der Waals surface area (Å²) < 4.78 is 32.6. The number of pyridine rings is 2. The highest BCUT2D eigenvalue weighted by atomic mass is 32.2. The normalized spacial score (nSPS) is 16.1. The number of nitriles is 1. The van der Waals surface area contributed by atoms with Crippen LogP contribution in [0.4, 0.5) is 13.9 Å². The molecule has 3 heterocycles. The van der Waals surface area contributed by atoms with Crippen LogP contribution in [0.2, 0.25) is 0 Å². The molecule has 4 aromatic rings. The maximum Gasteiger partial charge on any atom is 0.280 e. The molecule has 1 aliphatic rings. The lowest BCUT2D eigenvalue weighted by Gasteiger charge is -2.14. The number of anilines is 1. The third-order valence-electron chi connectivity index (χ3n) is 6.15. The third kappa shape index (κ3) is 5.44. The van der Waals surface area contributed by atoms with Gasteiger partial charge in [0.05, 0.1) is 36.6 Å². The van der Waals surface area contributed by atoms with E-state index in [0.29, 0.717) is 27.6 Å². The third-order valence-corrected chi connectivity index (χ3v) is 8.33. The molecule has 0 saturated heterocycles. The van der Waals surface area contributed by atoms with Crippen molar-refractivity contribution in [2.45, 2.75) is 35.5 Å². The molecule has 1 amide bonds. The molecular formula is C26H20F2N6O3S2. The maximum atomic E-state index is 13.4. The summed E-state index contributed by atoms with van der Waals surface area (Å²) in [6, 6.07) is 10.1. The van der Waals surface area contributed by atoms with Gasteiger partial charge in [-0.1, -0.05) is 29.2 Å². The molecule has 39 heavy (non-hydrogen) atoms. The number of benzene rings is 1. The quantitative estimate of drug-likeness (QED) is 0.292. The van der Waals surface area contributed by atoms with Crippen LogP contribution in [-0.2, 0) is 6.42 Å². The number of aromatic nitrogens is 4. The lowest BCUT2D eigenvalue weighted by atomic mass is 9.99. The molecule has 0 unspecified atom stereocenters. The number of aliphatic hydroxyl groups excluding tert-OH is 1. The number of nitrogens with one attached hydrogen (secondary N) is 1. The van der Waals surface area contributed by atoms with Crippen LogP contribution in [0.5, 0.6) is 5.75 Å². The number of hydrogen-bond donors (Lipinski definition) is 2. The Balaban J connectivity index is 1.36. The van der Waals surface area contributed by atoms with Crippen molar-refractivity contribution in [2.24, 2.45) is 0 Å². The van der Waals surface area contributed by atoms with E-state index in [1.807, 2.05) is 0 Å². The first-order valence-electron chi connectivity index (χ1n) is 11.6. The van der Waals surface area contributed by atoms with Crippen molar-refractivity contribution in [3.8, 4) is 22.9 Å². The molecule has 1 aromatic carbocycles. The van der Waals surface area contributed by atoms with E-state index < -0.39 is 24.1 Å². The molecule has 1 aliphatic carbocycles. The summed E-state index contributed by atoms with van der Waals surface area (Å²) in [6.07, 6.45) is -0.411. The van der Waals surface area contributed by atoms with E-state index in [9.17, 15) is 18.7 Å². The lowest BCUT2D eigenvalue weighted by Crippen LogP contribution is -2.14. The minimum atomic E-state index is -2.80. The zero-order valence-electron chi connectivity index (χ0n) is 20.6. The molecule has 2 N–H and O–H groups in total. The van der Waals surface area contributed by atoms with Crippen LogP contribution in [0.25, 0.3) is 11.1 Å². The molecule has 198 valence electrons. The predicted octanol–water partition coefficient (Wildman–Crippen LogP) is 5.12. The Labute approximate surface area is 229 Å². The largest absolute Gasteiger partial charge is 0.494 e. The van der Waals surface area contributed by atoms with Crippen LogP contribution in [0.1, 0.15) is 51.0 Å². The summed E-state index contributed by atoms with van der Waals surface area (Å²) in [5.41, 5.74) is 3.12. The SMILES string of the molecule is COc1cnc(C(F)F)cc1-c1cc(C)ncc1C(=O)Nc1nnc(S[C@@H]2Cc3cc(C#N)ccc3[C@H]2O)s1. The van der Waals surface area contributed by atoms with E-state index >= 15 is 0 Å². The van der Waals surface area contributed by atoms with Crippen LogP contribution in [-0.4, -0.2) is 43.5 Å². The second-order valence-corrected chi connectivity index (χ2v) is 11.1. The van der Waals surface area contributed by atoms with Crippen molar-refractivity contribution in [3.63, 3.8) is 0 Å². The van der Waals surface area contributed by atoms with Crippen molar-refractivity contribution in [2.75, 3.05) is 12.4 Å². The highest BCUT2D eigenvalue weighted by molar-refractivity contribution is 8.01. The van der Waals surface area contributed by atoms with Gasteiger partial charge < -0.3 is 9.84 Å². The number of carbonyl (C=O) groups excluding carboxylic acids is 1. The first-order chi connectivity index (χ1) is 18.8. The Hall–Kier alpha value is -3.99. The number of halogens is 2. The van der Waals surface area contributed by atoms with Crippen LogP contribution in [0, 0.1) is 18.3 Å². The molecule has 0 aliphatic heterocycles. The second-order valence-electron chi connectivity index (χ2n) is 8.64. The smallest absolute Gasteiger partial charge is 0.280 e. The predicted molar refractivity (Wildman–Crippen MR) is 141 cm³/mol. The van der Waals surface area contributed by atoms with Gasteiger partial charge in [0.25, 0.3) is 12.3 Å². The molecule has 5 rings (SSSR count). The molecule has 0 saturated carbocycles. The number of ether oxygens (including phenoxy) is 1. The highest BCUT2D eigenvalue weighted by Crippen LogP contribution is 2.43. The van der Waals surface area contributed by atoms with E-state index in [0.717, 1.165) is 22.5 Å². The molecule has 2 atom stereocenters. The Morgan fingerprint density at radius 2 is 2.05 bits per heavy atom. The maximum absolute atomic E-state index is 13.4. The monoisotopic (exact) mass is 566 g/mol. The van der Waals surface area contributed by atoms with Gasteiger partial charge in [0.1, 0.15) is 11.4 Å². The lowest BCUT2D eigenvalue weighted by molar-refractivity contribution is 0.102. The number of rotatable bonds is 7. The Morgan fingerprint density at radius 3 is 2.79 bits per heavy atom. The summed E-state index contributed by atoms with van der Waals surface area (Å²) in [5, 5.41) is 30.8. The summed E-state index contributed by atoms with van der Waals surface area (Å²) in [6.45, 7) is 1.72. The average molecular weight is 567 g/mol. The van der Waals surface area contributed by atoms with Crippen LogP contribution in [0.15, 0.2) is 47.1 Å². The molecular weight excluding hydrogens is 546 g/mol. The second kappa shape index (κ2) is 11.0. The number of carbonyl (C=O) groups is 1. The van der Waals surface area contributed by atoms with Gasteiger partial charge in [0, 0.05) is 28.3 Å². The number of alkyl halides is 2. The molecule has 0 bridgehead atoms. The van der Waals surface area contributed by atoms with E-state index in [4.69, 9.17) is 10.00 Å². The molecule has 0 fully saturated rings.